The molecule has 3 nitrogen and oxygen atoms in total. The van der Waals surface area contributed by atoms with Gasteiger partial charge in [-0.25, -0.2) is 4.57 Å². The number of nitrogen functional groups attached to an aromatic ring is 1. The molecule has 0 aliphatic rings. The molecular weight excluding hydrogens is 196 g/mol. The minimum atomic E-state index is 0.843. The van der Waals surface area contributed by atoms with Crippen LogP contribution in [0.2, 0.25) is 0 Å². The van der Waals surface area contributed by atoms with Crippen LogP contribution in [0.15, 0.2) is 18.2 Å². The zero-order chi connectivity index (χ0) is 10.1. The number of ether oxygens (including phenoxy) is 1. The number of benzene rings is 1. The lowest BCUT2D eigenvalue weighted by Crippen LogP contribution is -2.33. The molecule has 2 N–H and O–H groups in total. The number of aromatic nitrogens is 1. The van der Waals surface area contributed by atoms with Crippen molar-refractivity contribution < 1.29 is 9.30 Å². The van der Waals surface area contributed by atoms with Crippen molar-refractivity contribution in [3.05, 3.63) is 18.2 Å². The normalized spacial score (nSPS) is 10.7. The monoisotopic (exact) mass is 209 g/mol. The van der Waals surface area contributed by atoms with Gasteiger partial charge in [-0.3, -0.25) is 5.73 Å². The second kappa shape index (κ2) is 3.46. The predicted octanol–water partition coefficient (Wildman–Crippen LogP) is 1.80. The molecule has 1 aromatic heterocycles. The summed E-state index contributed by atoms with van der Waals surface area (Å²) in [7, 11) is 1.67. The van der Waals surface area contributed by atoms with Crippen LogP contribution in [0.3, 0.4) is 0 Å². The van der Waals surface area contributed by atoms with Gasteiger partial charge in [-0.2, -0.15) is 0 Å². The van der Waals surface area contributed by atoms with E-state index in [1.165, 1.54) is 10.2 Å². The van der Waals surface area contributed by atoms with Gasteiger partial charge in [0.2, 0.25) is 0 Å². The average Bonchev–Trinajstić information content (AvgIpc) is 2.51. The fourth-order valence-electron chi connectivity index (χ4n) is 1.54. The van der Waals surface area contributed by atoms with Gasteiger partial charge in [0.15, 0.2) is 0 Å². The zero-order valence-electron chi connectivity index (χ0n) is 8.28. The molecule has 0 saturated heterocycles. The van der Waals surface area contributed by atoms with Gasteiger partial charge in [0.25, 0.3) is 0 Å². The lowest BCUT2D eigenvalue weighted by molar-refractivity contribution is -0.649. The molecule has 2 aromatic rings. The van der Waals surface area contributed by atoms with Crippen molar-refractivity contribution in [2.75, 3.05) is 12.8 Å². The molecule has 0 fully saturated rings. The number of anilines is 1. The number of thiazole rings is 1. The highest BCUT2D eigenvalue weighted by Crippen LogP contribution is 2.25. The standard InChI is InChI=1S/C10H12N2OS/c1-3-12-8-5-4-7(13-2)6-9(8)14-10(12)11/h4-6,11H,3H2,1-2H3/p+1. The van der Waals surface area contributed by atoms with Gasteiger partial charge >= 0.3 is 5.13 Å². The number of hydrogen-bond donors (Lipinski definition) is 1. The first-order valence-corrected chi connectivity index (χ1v) is 5.33. The van der Waals surface area contributed by atoms with Crippen molar-refractivity contribution in [2.45, 2.75) is 13.5 Å². The Morgan fingerprint density at radius 3 is 2.93 bits per heavy atom. The molecule has 4 heteroatoms. The molecule has 1 aromatic carbocycles. The summed E-state index contributed by atoms with van der Waals surface area (Å²) >= 11 is 1.59. The molecule has 0 spiro atoms. The van der Waals surface area contributed by atoms with Crippen molar-refractivity contribution in [3.63, 3.8) is 0 Å². The van der Waals surface area contributed by atoms with Crippen LogP contribution in [0, 0.1) is 0 Å². The van der Waals surface area contributed by atoms with Crippen LogP contribution in [0.1, 0.15) is 6.92 Å². The van der Waals surface area contributed by atoms with Crippen LogP contribution in [0.4, 0.5) is 5.13 Å². The Kier molecular flexibility index (Phi) is 2.29. The number of methoxy groups -OCH3 is 1. The van der Waals surface area contributed by atoms with E-state index in [9.17, 15) is 0 Å². The Morgan fingerprint density at radius 1 is 1.50 bits per heavy atom. The Labute approximate surface area is 86.7 Å². The number of hydrogen-bond acceptors (Lipinski definition) is 3. The molecule has 1 heterocycles. The van der Waals surface area contributed by atoms with E-state index in [2.05, 4.69) is 11.5 Å². The molecule has 0 radical (unpaired) electrons. The van der Waals surface area contributed by atoms with Crippen molar-refractivity contribution >= 4 is 26.7 Å². The summed E-state index contributed by atoms with van der Waals surface area (Å²) < 4.78 is 8.43. The van der Waals surface area contributed by atoms with Crippen molar-refractivity contribution in [1.29, 1.82) is 0 Å². The minimum Gasteiger partial charge on any atom is -0.497 e. The maximum atomic E-state index is 5.90. The van der Waals surface area contributed by atoms with Gasteiger partial charge in [-0.1, -0.05) is 0 Å². The lowest BCUT2D eigenvalue weighted by Gasteiger charge is -1.98. The van der Waals surface area contributed by atoms with Crippen LogP contribution in [-0.4, -0.2) is 7.11 Å². The first-order valence-electron chi connectivity index (χ1n) is 4.52. The molecule has 0 atom stereocenters. The van der Waals surface area contributed by atoms with Gasteiger partial charge < -0.3 is 4.74 Å². The third kappa shape index (κ3) is 1.32. The van der Waals surface area contributed by atoms with Crippen LogP contribution < -0.4 is 15.0 Å². The highest BCUT2D eigenvalue weighted by molar-refractivity contribution is 7.21. The third-order valence-electron chi connectivity index (χ3n) is 2.25. The lowest BCUT2D eigenvalue weighted by atomic mass is 10.3. The molecular formula is C10H13N2OS+. The minimum absolute atomic E-state index is 0.843. The van der Waals surface area contributed by atoms with Gasteiger partial charge in [0.1, 0.15) is 11.3 Å². The molecule has 2 rings (SSSR count). The van der Waals surface area contributed by atoms with Gasteiger partial charge in [0, 0.05) is 6.07 Å². The average molecular weight is 209 g/mol. The Balaban J connectivity index is 2.68. The van der Waals surface area contributed by atoms with Crippen LogP contribution >= 0.6 is 11.3 Å². The predicted molar refractivity (Wildman–Crippen MR) is 58.7 cm³/mol. The first-order chi connectivity index (χ1) is 6.76. The summed E-state index contributed by atoms with van der Waals surface area (Å²) in [6.07, 6.45) is 0. The summed E-state index contributed by atoms with van der Waals surface area (Å²) in [4.78, 5) is 0. The highest BCUT2D eigenvalue weighted by Gasteiger charge is 2.13. The van der Waals surface area contributed by atoms with Crippen LogP contribution in [-0.2, 0) is 6.54 Å². The summed E-state index contributed by atoms with van der Waals surface area (Å²) in [5.74, 6) is 0.877. The van der Waals surface area contributed by atoms with E-state index in [0.717, 1.165) is 17.4 Å². The Morgan fingerprint density at radius 2 is 2.29 bits per heavy atom. The van der Waals surface area contributed by atoms with Crippen LogP contribution in [0.25, 0.3) is 10.2 Å². The second-order valence-corrected chi connectivity index (χ2v) is 4.08. The quantitative estimate of drug-likeness (QED) is 0.766. The fourth-order valence-corrected chi connectivity index (χ4v) is 2.56. The van der Waals surface area contributed by atoms with E-state index in [4.69, 9.17) is 10.5 Å². The molecule has 74 valence electrons. The number of nitrogens with two attached hydrogens (primary N) is 1. The van der Waals surface area contributed by atoms with E-state index in [0.29, 0.717) is 0 Å². The maximum absolute atomic E-state index is 5.90. The Bertz CT molecular complexity index is 464. The smallest absolute Gasteiger partial charge is 0.332 e. The van der Waals surface area contributed by atoms with E-state index in [1.54, 1.807) is 18.4 Å². The summed E-state index contributed by atoms with van der Waals surface area (Å²) in [5, 5.41) is 0.843. The maximum Gasteiger partial charge on any atom is 0.332 e. The van der Waals surface area contributed by atoms with E-state index < -0.39 is 0 Å². The summed E-state index contributed by atoms with van der Waals surface area (Å²) in [5.41, 5.74) is 7.07. The number of rotatable bonds is 2. The summed E-state index contributed by atoms with van der Waals surface area (Å²) in [6.45, 7) is 2.99. The number of aryl methyl sites for hydroxylation is 1. The highest BCUT2D eigenvalue weighted by atomic mass is 32.1. The zero-order valence-corrected chi connectivity index (χ0v) is 9.10. The van der Waals surface area contributed by atoms with Crippen molar-refractivity contribution in [1.82, 2.24) is 0 Å². The van der Waals surface area contributed by atoms with Gasteiger partial charge in [0.05, 0.1) is 18.4 Å². The molecule has 0 aliphatic heterocycles. The number of nitrogens with zero attached hydrogens (tertiary/aromatic N) is 1. The van der Waals surface area contributed by atoms with E-state index in [1.807, 2.05) is 18.2 Å². The Hall–Kier alpha value is -1.29. The molecule has 0 bridgehead atoms. The van der Waals surface area contributed by atoms with E-state index in [-0.39, 0.29) is 0 Å². The molecule has 0 aliphatic carbocycles. The molecule has 14 heavy (non-hydrogen) atoms. The van der Waals surface area contributed by atoms with Crippen LogP contribution in [0.5, 0.6) is 5.75 Å². The van der Waals surface area contributed by atoms with Crippen molar-refractivity contribution in [2.24, 2.45) is 0 Å². The second-order valence-electron chi connectivity index (χ2n) is 3.02. The topological polar surface area (TPSA) is 39.1 Å². The molecule has 0 saturated carbocycles. The first kappa shape index (κ1) is 9.27. The SMILES string of the molecule is CC[n+]1c(N)sc2cc(OC)ccc21. The molecule has 0 amide bonds. The number of fused-ring (bicyclic) bond motifs is 1. The third-order valence-corrected chi connectivity index (χ3v) is 3.23. The molecule has 0 unspecified atom stereocenters. The largest absolute Gasteiger partial charge is 0.497 e. The fraction of sp³-hybridized carbons (Fsp3) is 0.300. The van der Waals surface area contributed by atoms with E-state index >= 15 is 0 Å². The van der Waals surface area contributed by atoms with Gasteiger partial charge in [-0.15, -0.1) is 0 Å². The van der Waals surface area contributed by atoms with Crippen molar-refractivity contribution in [3.8, 4) is 5.75 Å². The summed E-state index contributed by atoms with van der Waals surface area (Å²) in [6, 6.07) is 6.02. The van der Waals surface area contributed by atoms with Gasteiger partial charge in [-0.05, 0) is 30.4 Å².